The molecule has 0 N–H and O–H groups in total. The van der Waals surface area contributed by atoms with Gasteiger partial charge >= 0.3 is 0 Å². The molecule has 0 bridgehead atoms. The predicted molar refractivity (Wildman–Crippen MR) is 70.8 cm³/mol. The molecule has 0 atom stereocenters. The Morgan fingerprint density at radius 3 is 2.37 bits per heavy atom. The zero-order valence-corrected chi connectivity index (χ0v) is 11.0. The monoisotopic (exact) mass is 278 g/mol. The average molecular weight is 278 g/mol. The molecule has 0 amide bonds. The number of fused-ring (bicyclic) bond motifs is 1. The van der Waals surface area contributed by atoms with Crippen molar-refractivity contribution in [1.29, 1.82) is 0 Å². The number of halogens is 2. The number of hydrogen-bond acceptors (Lipinski definition) is 2. The van der Waals surface area contributed by atoms with Gasteiger partial charge in [0.1, 0.15) is 11.6 Å². The van der Waals surface area contributed by atoms with Crippen LogP contribution in [0, 0.1) is 11.6 Å². The van der Waals surface area contributed by atoms with Gasteiger partial charge in [-0.3, -0.25) is 4.79 Å². The number of ketones is 1. The Morgan fingerprint density at radius 2 is 1.68 bits per heavy atom. The number of carbonyl (C=O) groups excluding carboxylic acids is 1. The minimum absolute atomic E-state index is 0.0797. The first-order valence-electron chi connectivity index (χ1n) is 6.26. The van der Waals surface area contributed by atoms with Crippen LogP contribution in [0.25, 0.3) is 0 Å². The van der Waals surface area contributed by atoms with E-state index in [1.54, 1.807) is 0 Å². The van der Waals surface area contributed by atoms with Crippen molar-refractivity contribution in [2.75, 3.05) is 0 Å². The van der Waals surface area contributed by atoms with E-state index >= 15 is 0 Å². The van der Waals surface area contributed by atoms with Crippen molar-refractivity contribution in [2.45, 2.75) is 25.7 Å². The number of rotatable bonds is 2. The fourth-order valence-corrected chi connectivity index (χ4v) is 3.65. The molecule has 0 saturated heterocycles. The third-order valence-electron chi connectivity index (χ3n) is 3.35. The SMILES string of the molecule is O=C(c1cc(F)cc(F)c1)c1cc2c(s1)CCCC2. The number of benzene rings is 1. The maximum atomic E-state index is 13.1. The summed E-state index contributed by atoms with van der Waals surface area (Å²) >= 11 is 1.46. The minimum atomic E-state index is -0.718. The summed E-state index contributed by atoms with van der Waals surface area (Å²) in [4.78, 5) is 14.1. The summed E-state index contributed by atoms with van der Waals surface area (Å²) in [5.41, 5.74) is 1.30. The largest absolute Gasteiger partial charge is 0.288 e. The van der Waals surface area contributed by atoms with Crippen LogP contribution in [0.1, 0.15) is 38.5 Å². The fourth-order valence-electron chi connectivity index (χ4n) is 2.43. The molecule has 0 saturated carbocycles. The van der Waals surface area contributed by atoms with Crippen molar-refractivity contribution in [3.05, 3.63) is 56.8 Å². The fraction of sp³-hybridized carbons (Fsp3) is 0.267. The molecule has 0 unspecified atom stereocenters. The van der Waals surface area contributed by atoms with Gasteiger partial charge in [0.25, 0.3) is 0 Å². The molecular formula is C15H12F2OS. The van der Waals surface area contributed by atoms with Crippen molar-refractivity contribution in [3.8, 4) is 0 Å². The van der Waals surface area contributed by atoms with Gasteiger partial charge in [-0.15, -0.1) is 11.3 Å². The van der Waals surface area contributed by atoms with Gasteiger partial charge in [-0.05, 0) is 49.4 Å². The first kappa shape index (κ1) is 12.5. The molecule has 0 aliphatic heterocycles. The zero-order valence-electron chi connectivity index (χ0n) is 10.2. The topological polar surface area (TPSA) is 17.1 Å². The molecule has 1 aromatic carbocycles. The molecule has 1 aliphatic rings. The van der Waals surface area contributed by atoms with Crippen LogP contribution in [0.2, 0.25) is 0 Å². The Balaban J connectivity index is 1.97. The van der Waals surface area contributed by atoms with E-state index in [2.05, 4.69) is 0 Å². The summed E-state index contributed by atoms with van der Waals surface area (Å²) in [5, 5.41) is 0. The molecule has 19 heavy (non-hydrogen) atoms. The van der Waals surface area contributed by atoms with Gasteiger partial charge in [-0.25, -0.2) is 8.78 Å². The van der Waals surface area contributed by atoms with E-state index in [1.807, 2.05) is 6.07 Å². The predicted octanol–water partition coefficient (Wildman–Crippen LogP) is 4.14. The maximum absolute atomic E-state index is 13.1. The van der Waals surface area contributed by atoms with Crippen LogP contribution in [0.5, 0.6) is 0 Å². The average Bonchev–Trinajstić information content (AvgIpc) is 2.80. The lowest BCUT2D eigenvalue weighted by Gasteiger charge is -2.08. The Hall–Kier alpha value is -1.55. The van der Waals surface area contributed by atoms with Crippen molar-refractivity contribution in [1.82, 2.24) is 0 Å². The quantitative estimate of drug-likeness (QED) is 0.755. The maximum Gasteiger partial charge on any atom is 0.203 e. The van der Waals surface area contributed by atoms with Crippen LogP contribution in [0.4, 0.5) is 8.78 Å². The van der Waals surface area contributed by atoms with Crippen LogP contribution in [0.3, 0.4) is 0 Å². The van der Waals surface area contributed by atoms with E-state index in [-0.39, 0.29) is 11.3 Å². The molecular weight excluding hydrogens is 266 g/mol. The van der Waals surface area contributed by atoms with E-state index in [9.17, 15) is 13.6 Å². The second kappa shape index (κ2) is 4.85. The Kier molecular flexibility index (Phi) is 3.19. The summed E-state index contributed by atoms with van der Waals surface area (Å²) in [5.74, 6) is -1.73. The molecule has 1 aromatic heterocycles. The number of aryl methyl sites for hydroxylation is 2. The van der Waals surface area contributed by atoms with Crippen LogP contribution < -0.4 is 0 Å². The molecule has 0 spiro atoms. The third kappa shape index (κ3) is 2.45. The van der Waals surface area contributed by atoms with Gasteiger partial charge in [-0.2, -0.15) is 0 Å². The molecule has 1 nitrogen and oxygen atoms in total. The van der Waals surface area contributed by atoms with Gasteiger partial charge in [0.2, 0.25) is 5.78 Å². The lowest BCUT2D eigenvalue weighted by Crippen LogP contribution is -2.00. The van der Waals surface area contributed by atoms with Gasteiger partial charge < -0.3 is 0 Å². The number of hydrogen-bond donors (Lipinski definition) is 0. The smallest absolute Gasteiger partial charge is 0.203 e. The van der Waals surface area contributed by atoms with Gasteiger partial charge in [-0.1, -0.05) is 0 Å². The van der Waals surface area contributed by atoms with Gasteiger partial charge in [0, 0.05) is 16.5 Å². The second-order valence-electron chi connectivity index (χ2n) is 4.75. The molecule has 2 aromatic rings. The summed E-state index contributed by atoms with van der Waals surface area (Å²) in [6.07, 6.45) is 4.29. The molecule has 98 valence electrons. The van der Waals surface area contributed by atoms with Crippen LogP contribution in [0.15, 0.2) is 24.3 Å². The highest BCUT2D eigenvalue weighted by Crippen LogP contribution is 2.31. The van der Waals surface area contributed by atoms with Gasteiger partial charge in [0.15, 0.2) is 0 Å². The Bertz CT molecular complexity index is 602. The highest BCUT2D eigenvalue weighted by molar-refractivity contribution is 7.14. The summed E-state index contributed by atoms with van der Waals surface area (Å²) in [6, 6.07) is 4.83. The molecule has 0 fully saturated rings. The first-order valence-corrected chi connectivity index (χ1v) is 7.07. The lowest BCUT2D eigenvalue weighted by molar-refractivity contribution is 0.104. The molecule has 0 radical (unpaired) electrons. The van der Waals surface area contributed by atoms with Gasteiger partial charge in [0.05, 0.1) is 4.88 Å². The Morgan fingerprint density at radius 1 is 1.00 bits per heavy atom. The number of carbonyl (C=O) groups is 1. The van der Waals surface area contributed by atoms with Crippen LogP contribution in [-0.2, 0) is 12.8 Å². The van der Waals surface area contributed by atoms with E-state index < -0.39 is 11.6 Å². The number of thiophene rings is 1. The lowest BCUT2D eigenvalue weighted by atomic mass is 9.98. The minimum Gasteiger partial charge on any atom is -0.288 e. The standard InChI is InChI=1S/C15H12F2OS/c16-11-5-10(6-12(17)8-11)15(18)14-7-9-3-1-2-4-13(9)19-14/h5-8H,1-4H2. The molecule has 1 aliphatic carbocycles. The van der Waals surface area contributed by atoms with Crippen molar-refractivity contribution < 1.29 is 13.6 Å². The van der Waals surface area contributed by atoms with E-state index in [1.165, 1.54) is 21.8 Å². The molecule has 1 heterocycles. The van der Waals surface area contributed by atoms with E-state index in [0.717, 1.165) is 43.9 Å². The highest BCUT2D eigenvalue weighted by atomic mass is 32.1. The normalized spacial score (nSPS) is 14.2. The molecule has 4 heteroatoms. The third-order valence-corrected chi connectivity index (χ3v) is 4.58. The Labute approximate surface area is 113 Å². The van der Waals surface area contributed by atoms with E-state index in [4.69, 9.17) is 0 Å². The van der Waals surface area contributed by atoms with Crippen LogP contribution in [-0.4, -0.2) is 5.78 Å². The van der Waals surface area contributed by atoms with E-state index in [0.29, 0.717) is 4.88 Å². The summed E-state index contributed by atoms with van der Waals surface area (Å²) in [6.45, 7) is 0. The molecule has 3 rings (SSSR count). The van der Waals surface area contributed by atoms with Crippen molar-refractivity contribution >= 4 is 17.1 Å². The second-order valence-corrected chi connectivity index (χ2v) is 5.89. The highest BCUT2D eigenvalue weighted by Gasteiger charge is 2.19. The summed E-state index contributed by atoms with van der Waals surface area (Å²) in [7, 11) is 0. The first-order chi connectivity index (χ1) is 9.13. The summed E-state index contributed by atoms with van der Waals surface area (Å²) < 4.78 is 26.3. The van der Waals surface area contributed by atoms with Crippen LogP contribution >= 0.6 is 11.3 Å². The van der Waals surface area contributed by atoms with Crippen molar-refractivity contribution in [2.24, 2.45) is 0 Å². The zero-order chi connectivity index (χ0) is 13.4. The van der Waals surface area contributed by atoms with Crippen molar-refractivity contribution in [3.63, 3.8) is 0 Å².